The van der Waals surface area contributed by atoms with Gasteiger partial charge in [-0.1, -0.05) is 6.92 Å². The van der Waals surface area contributed by atoms with E-state index in [0.717, 1.165) is 6.42 Å². The molecule has 1 fully saturated rings. The van der Waals surface area contributed by atoms with Crippen LogP contribution in [0, 0.1) is 5.92 Å². The van der Waals surface area contributed by atoms with Crippen molar-refractivity contribution in [3.63, 3.8) is 0 Å². The molecule has 0 bridgehead atoms. The topological polar surface area (TPSA) is 60.8 Å². The molecule has 0 saturated carbocycles. The summed E-state index contributed by atoms with van der Waals surface area (Å²) < 4.78 is 0. The Morgan fingerprint density at radius 1 is 1.73 bits per heavy atom. The molecule has 0 aromatic heterocycles. The van der Waals surface area contributed by atoms with Crippen LogP contribution in [0.3, 0.4) is 0 Å². The summed E-state index contributed by atoms with van der Waals surface area (Å²) in [6, 6.07) is -0.178. The van der Waals surface area contributed by atoms with Gasteiger partial charge in [0.05, 0.1) is 12.6 Å². The Morgan fingerprint density at radius 3 is 2.73 bits per heavy atom. The van der Waals surface area contributed by atoms with E-state index in [4.69, 9.17) is 10.2 Å². The van der Waals surface area contributed by atoms with Crippen LogP contribution in [0.1, 0.15) is 13.3 Å². The number of nitrogens with zero attached hydrogens (tertiary/aromatic N) is 1. The average Bonchev–Trinajstić information content (AvgIpc) is 2.30. The van der Waals surface area contributed by atoms with Crippen LogP contribution >= 0.6 is 0 Å². The Hall–Kier alpha value is -0.770. The molecule has 0 radical (unpaired) electrons. The molecule has 64 valence electrons. The SMILES string of the molecule is C[C@@H]1C[C@@H](CO)N(C(=O)O)C1. The third-order valence-electron chi connectivity index (χ3n) is 2.08. The van der Waals surface area contributed by atoms with E-state index in [2.05, 4.69) is 0 Å². The van der Waals surface area contributed by atoms with Gasteiger partial charge in [-0.15, -0.1) is 0 Å². The molecular formula is C7H13NO3. The lowest BCUT2D eigenvalue weighted by Crippen LogP contribution is -2.36. The van der Waals surface area contributed by atoms with Crippen molar-refractivity contribution < 1.29 is 15.0 Å². The normalized spacial score (nSPS) is 30.9. The third-order valence-corrected chi connectivity index (χ3v) is 2.08. The highest BCUT2D eigenvalue weighted by molar-refractivity contribution is 5.65. The zero-order valence-corrected chi connectivity index (χ0v) is 6.53. The second kappa shape index (κ2) is 3.09. The summed E-state index contributed by atoms with van der Waals surface area (Å²) in [6.45, 7) is 2.49. The van der Waals surface area contributed by atoms with Crippen LogP contribution in [-0.4, -0.2) is 40.4 Å². The fourth-order valence-electron chi connectivity index (χ4n) is 1.56. The lowest BCUT2D eigenvalue weighted by molar-refractivity contribution is 0.118. The largest absolute Gasteiger partial charge is 0.465 e. The summed E-state index contributed by atoms with van der Waals surface area (Å²) >= 11 is 0. The molecule has 1 aliphatic rings. The number of amides is 1. The highest BCUT2D eigenvalue weighted by Crippen LogP contribution is 2.21. The standard InChI is InChI=1S/C7H13NO3/c1-5-2-6(4-9)8(3-5)7(10)11/h5-6,9H,2-4H2,1H3,(H,10,11)/t5-,6+/m1/s1. The fourth-order valence-corrected chi connectivity index (χ4v) is 1.56. The van der Waals surface area contributed by atoms with Crippen LogP contribution < -0.4 is 0 Å². The first-order valence-electron chi connectivity index (χ1n) is 3.75. The van der Waals surface area contributed by atoms with Gasteiger partial charge in [-0.05, 0) is 12.3 Å². The van der Waals surface area contributed by atoms with Crippen molar-refractivity contribution in [1.29, 1.82) is 0 Å². The number of hydrogen-bond donors (Lipinski definition) is 2. The Kier molecular flexibility index (Phi) is 2.34. The smallest absolute Gasteiger partial charge is 0.407 e. The minimum atomic E-state index is -0.923. The number of rotatable bonds is 1. The maximum absolute atomic E-state index is 10.5. The molecule has 2 N–H and O–H groups in total. The molecule has 11 heavy (non-hydrogen) atoms. The monoisotopic (exact) mass is 159 g/mol. The van der Waals surface area contributed by atoms with Gasteiger partial charge in [0.15, 0.2) is 0 Å². The number of aliphatic hydroxyl groups excluding tert-OH is 1. The van der Waals surface area contributed by atoms with E-state index in [1.165, 1.54) is 4.90 Å². The van der Waals surface area contributed by atoms with Gasteiger partial charge < -0.3 is 15.1 Å². The minimum absolute atomic E-state index is 0.0589. The molecule has 0 spiro atoms. The average molecular weight is 159 g/mol. The summed E-state index contributed by atoms with van der Waals surface area (Å²) in [5.41, 5.74) is 0. The van der Waals surface area contributed by atoms with Gasteiger partial charge >= 0.3 is 6.09 Å². The van der Waals surface area contributed by atoms with Gasteiger partial charge in [-0.2, -0.15) is 0 Å². The Bertz CT molecular complexity index is 160. The molecule has 1 rings (SSSR count). The van der Waals surface area contributed by atoms with Crippen LogP contribution in [-0.2, 0) is 0 Å². The summed E-state index contributed by atoms with van der Waals surface area (Å²) in [5.74, 6) is 0.378. The molecule has 0 aromatic rings. The third kappa shape index (κ3) is 1.63. The van der Waals surface area contributed by atoms with Crippen molar-refractivity contribution in [3.05, 3.63) is 0 Å². The summed E-state index contributed by atoms with van der Waals surface area (Å²) in [6.07, 6.45) is -0.142. The zero-order valence-electron chi connectivity index (χ0n) is 6.53. The quantitative estimate of drug-likeness (QED) is 0.581. The molecule has 2 atom stereocenters. The van der Waals surface area contributed by atoms with E-state index in [1.54, 1.807) is 0 Å². The first-order chi connectivity index (χ1) is 5.15. The van der Waals surface area contributed by atoms with Gasteiger partial charge in [-0.25, -0.2) is 4.79 Å². The molecular weight excluding hydrogens is 146 g/mol. The molecule has 0 aromatic carbocycles. The first-order valence-corrected chi connectivity index (χ1v) is 3.75. The molecule has 1 aliphatic heterocycles. The first kappa shape index (κ1) is 8.33. The van der Waals surface area contributed by atoms with Gasteiger partial charge in [0, 0.05) is 6.54 Å². The highest BCUT2D eigenvalue weighted by Gasteiger charge is 2.32. The number of carboxylic acid groups (broad SMARTS) is 1. The lowest BCUT2D eigenvalue weighted by atomic mass is 10.1. The molecule has 0 aliphatic carbocycles. The number of hydrogen-bond acceptors (Lipinski definition) is 2. The number of carbonyl (C=O) groups is 1. The van der Waals surface area contributed by atoms with Crippen LogP contribution in [0.5, 0.6) is 0 Å². The van der Waals surface area contributed by atoms with Crippen LogP contribution in [0.4, 0.5) is 4.79 Å². The highest BCUT2D eigenvalue weighted by atomic mass is 16.4. The molecule has 4 nitrogen and oxygen atoms in total. The van der Waals surface area contributed by atoms with Crippen molar-refractivity contribution in [2.75, 3.05) is 13.2 Å². The predicted molar refractivity (Wildman–Crippen MR) is 39.4 cm³/mol. The minimum Gasteiger partial charge on any atom is -0.465 e. The van der Waals surface area contributed by atoms with Gasteiger partial charge in [0.1, 0.15) is 0 Å². The molecule has 4 heteroatoms. The number of likely N-dealkylation sites (tertiary alicyclic amines) is 1. The molecule has 1 amide bonds. The van der Waals surface area contributed by atoms with Crippen molar-refractivity contribution in [2.45, 2.75) is 19.4 Å². The van der Waals surface area contributed by atoms with Crippen molar-refractivity contribution in [2.24, 2.45) is 5.92 Å². The molecule has 1 saturated heterocycles. The van der Waals surface area contributed by atoms with E-state index in [-0.39, 0.29) is 12.6 Å². The van der Waals surface area contributed by atoms with E-state index in [0.29, 0.717) is 12.5 Å². The maximum Gasteiger partial charge on any atom is 0.407 e. The summed E-state index contributed by atoms with van der Waals surface area (Å²) in [5, 5.41) is 17.4. The van der Waals surface area contributed by atoms with E-state index >= 15 is 0 Å². The Morgan fingerprint density at radius 2 is 2.36 bits per heavy atom. The van der Waals surface area contributed by atoms with Crippen molar-refractivity contribution in [3.8, 4) is 0 Å². The van der Waals surface area contributed by atoms with E-state index in [1.807, 2.05) is 6.92 Å². The van der Waals surface area contributed by atoms with Crippen LogP contribution in [0.2, 0.25) is 0 Å². The predicted octanol–water partition coefficient (Wildman–Crippen LogP) is 0.367. The Labute approximate surface area is 65.4 Å². The fraction of sp³-hybridized carbons (Fsp3) is 0.857. The molecule has 0 unspecified atom stereocenters. The van der Waals surface area contributed by atoms with E-state index in [9.17, 15) is 4.79 Å². The lowest BCUT2D eigenvalue weighted by Gasteiger charge is -2.18. The summed E-state index contributed by atoms with van der Waals surface area (Å²) in [4.78, 5) is 11.8. The maximum atomic E-state index is 10.5. The van der Waals surface area contributed by atoms with Crippen molar-refractivity contribution in [1.82, 2.24) is 4.90 Å². The summed E-state index contributed by atoms with van der Waals surface area (Å²) in [7, 11) is 0. The second-order valence-corrected chi connectivity index (χ2v) is 3.11. The second-order valence-electron chi connectivity index (χ2n) is 3.11. The van der Waals surface area contributed by atoms with Crippen LogP contribution in [0.15, 0.2) is 0 Å². The van der Waals surface area contributed by atoms with Gasteiger partial charge in [0.25, 0.3) is 0 Å². The Balaban J connectivity index is 2.57. The molecule has 1 heterocycles. The van der Waals surface area contributed by atoms with E-state index < -0.39 is 6.09 Å². The van der Waals surface area contributed by atoms with Gasteiger partial charge in [-0.3, -0.25) is 0 Å². The van der Waals surface area contributed by atoms with Crippen LogP contribution in [0.25, 0.3) is 0 Å². The zero-order chi connectivity index (χ0) is 8.43. The number of aliphatic hydroxyl groups is 1. The van der Waals surface area contributed by atoms with Gasteiger partial charge in [0.2, 0.25) is 0 Å². The van der Waals surface area contributed by atoms with Crippen molar-refractivity contribution >= 4 is 6.09 Å².